The third-order valence-corrected chi connectivity index (χ3v) is 2.97. The third kappa shape index (κ3) is 8.83. The van der Waals surface area contributed by atoms with E-state index < -0.39 is 0 Å². The molecule has 0 fully saturated rings. The van der Waals surface area contributed by atoms with E-state index in [2.05, 4.69) is 25.8 Å². The monoisotopic (exact) mass is 219 g/mol. The van der Waals surface area contributed by atoms with Crippen molar-refractivity contribution < 1.29 is 0 Å². The van der Waals surface area contributed by atoms with Gasteiger partial charge in [0.1, 0.15) is 0 Å². The molecule has 0 rings (SSSR count). The molecule has 0 spiro atoms. The predicted octanol–water partition coefficient (Wildman–Crippen LogP) is 3.76. The SMILES string of the molecule is CCCCCN(C)CCC(C)CCCl. The van der Waals surface area contributed by atoms with Crippen LogP contribution in [0.15, 0.2) is 0 Å². The van der Waals surface area contributed by atoms with Crippen LogP contribution in [-0.4, -0.2) is 30.9 Å². The van der Waals surface area contributed by atoms with Gasteiger partial charge in [0, 0.05) is 5.88 Å². The van der Waals surface area contributed by atoms with E-state index in [9.17, 15) is 0 Å². The highest BCUT2D eigenvalue weighted by molar-refractivity contribution is 6.17. The molecular weight excluding hydrogens is 194 g/mol. The Labute approximate surface area is 94.8 Å². The van der Waals surface area contributed by atoms with E-state index in [4.69, 9.17) is 11.6 Å². The molecule has 0 aliphatic carbocycles. The zero-order chi connectivity index (χ0) is 10.8. The van der Waals surface area contributed by atoms with Crippen molar-refractivity contribution in [2.24, 2.45) is 5.92 Å². The molecule has 0 bridgehead atoms. The van der Waals surface area contributed by atoms with Gasteiger partial charge in [0.05, 0.1) is 0 Å². The lowest BCUT2D eigenvalue weighted by Gasteiger charge is -2.18. The molecule has 0 aliphatic rings. The molecular formula is C12H26ClN. The van der Waals surface area contributed by atoms with Gasteiger partial charge in [-0.1, -0.05) is 26.7 Å². The summed E-state index contributed by atoms with van der Waals surface area (Å²) in [5.74, 6) is 1.59. The van der Waals surface area contributed by atoms with Crippen LogP contribution in [0.4, 0.5) is 0 Å². The summed E-state index contributed by atoms with van der Waals surface area (Å²) in [6.45, 7) is 7.02. The molecule has 86 valence electrons. The highest BCUT2D eigenvalue weighted by atomic mass is 35.5. The molecule has 0 aliphatic heterocycles. The Morgan fingerprint density at radius 1 is 1.14 bits per heavy atom. The largest absolute Gasteiger partial charge is 0.306 e. The standard InChI is InChI=1S/C12H26ClN/c1-4-5-6-10-14(3)11-8-12(2)7-9-13/h12H,4-11H2,1-3H3. The van der Waals surface area contributed by atoms with Gasteiger partial charge in [-0.3, -0.25) is 0 Å². The van der Waals surface area contributed by atoms with Gasteiger partial charge in [0.15, 0.2) is 0 Å². The Kier molecular flexibility index (Phi) is 9.97. The van der Waals surface area contributed by atoms with Gasteiger partial charge < -0.3 is 4.90 Å². The third-order valence-electron chi connectivity index (χ3n) is 2.75. The summed E-state index contributed by atoms with van der Waals surface area (Å²) in [5, 5.41) is 0. The molecule has 0 N–H and O–H groups in total. The first kappa shape index (κ1) is 14.2. The Bertz CT molecular complexity index is 117. The minimum atomic E-state index is 0.779. The quantitative estimate of drug-likeness (QED) is 0.422. The van der Waals surface area contributed by atoms with Crippen molar-refractivity contribution in [3.8, 4) is 0 Å². The number of unbranched alkanes of at least 4 members (excludes halogenated alkanes) is 2. The second-order valence-corrected chi connectivity index (χ2v) is 4.76. The van der Waals surface area contributed by atoms with Crippen LogP contribution in [-0.2, 0) is 0 Å². The summed E-state index contributed by atoms with van der Waals surface area (Å²) in [5.41, 5.74) is 0. The normalized spacial score (nSPS) is 13.5. The first-order valence-electron chi connectivity index (χ1n) is 5.95. The van der Waals surface area contributed by atoms with Gasteiger partial charge >= 0.3 is 0 Å². The van der Waals surface area contributed by atoms with E-state index in [0.717, 1.165) is 18.2 Å². The zero-order valence-corrected chi connectivity index (χ0v) is 10.8. The van der Waals surface area contributed by atoms with E-state index in [0.29, 0.717) is 0 Å². The summed E-state index contributed by atoms with van der Waals surface area (Å²) in [6, 6.07) is 0. The summed E-state index contributed by atoms with van der Waals surface area (Å²) in [7, 11) is 2.23. The number of hydrogen-bond acceptors (Lipinski definition) is 1. The molecule has 2 heteroatoms. The van der Waals surface area contributed by atoms with Crippen LogP contribution in [0.25, 0.3) is 0 Å². The predicted molar refractivity (Wildman–Crippen MR) is 66.1 cm³/mol. The summed E-state index contributed by atoms with van der Waals surface area (Å²) < 4.78 is 0. The van der Waals surface area contributed by atoms with Crippen molar-refractivity contribution in [2.75, 3.05) is 26.0 Å². The molecule has 14 heavy (non-hydrogen) atoms. The van der Waals surface area contributed by atoms with Crippen molar-refractivity contribution in [3.05, 3.63) is 0 Å². The lowest BCUT2D eigenvalue weighted by Crippen LogP contribution is -2.22. The van der Waals surface area contributed by atoms with Gasteiger partial charge in [0.2, 0.25) is 0 Å². The van der Waals surface area contributed by atoms with Gasteiger partial charge in [-0.25, -0.2) is 0 Å². The fraction of sp³-hybridized carbons (Fsp3) is 1.00. The first-order chi connectivity index (χ1) is 6.70. The van der Waals surface area contributed by atoms with Gasteiger partial charge in [-0.15, -0.1) is 11.6 Å². The van der Waals surface area contributed by atoms with E-state index in [1.807, 2.05) is 0 Å². The van der Waals surface area contributed by atoms with E-state index >= 15 is 0 Å². The maximum Gasteiger partial charge on any atom is 0.0225 e. The van der Waals surface area contributed by atoms with Crippen molar-refractivity contribution in [1.82, 2.24) is 4.90 Å². The van der Waals surface area contributed by atoms with Crippen LogP contribution in [0.3, 0.4) is 0 Å². The topological polar surface area (TPSA) is 3.24 Å². The minimum absolute atomic E-state index is 0.779. The highest BCUT2D eigenvalue weighted by Gasteiger charge is 2.03. The van der Waals surface area contributed by atoms with Crippen molar-refractivity contribution in [1.29, 1.82) is 0 Å². The van der Waals surface area contributed by atoms with Gasteiger partial charge in [0.25, 0.3) is 0 Å². The lowest BCUT2D eigenvalue weighted by molar-refractivity contribution is 0.297. The number of nitrogens with zero attached hydrogens (tertiary/aromatic N) is 1. The number of halogens is 1. The molecule has 0 saturated heterocycles. The Morgan fingerprint density at radius 3 is 2.43 bits per heavy atom. The Hall–Kier alpha value is 0.250. The first-order valence-corrected chi connectivity index (χ1v) is 6.48. The molecule has 0 aromatic carbocycles. The molecule has 1 atom stereocenters. The molecule has 1 unspecified atom stereocenters. The molecule has 0 aromatic heterocycles. The molecule has 0 saturated carbocycles. The maximum absolute atomic E-state index is 5.70. The van der Waals surface area contributed by atoms with Crippen molar-refractivity contribution in [2.45, 2.75) is 46.0 Å². The smallest absolute Gasteiger partial charge is 0.0225 e. The van der Waals surface area contributed by atoms with E-state index in [1.165, 1.54) is 38.8 Å². The summed E-state index contributed by atoms with van der Waals surface area (Å²) in [6.07, 6.45) is 6.47. The van der Waals surface area contributed by atoms with E-state index in [1.54, 1.807) is 0 Å². The number of rotatable bonds is 9. The molecule has 0 aromatic rings. The fourth-order valence-electron chi connectivity index (χ4n) is 1.51. The molecule has 0 amide bonds. The summed E-state index contributed by atoms with van der Waals surface area (Å²) >= 11 is 5.70. The second-order valence-electron chi connectivity index (χ2n) is 4.38. The van der Waals surface area contributed by atoms with Crippen LogP contribution in [0.2, 0.25) is 0 Å². The molecule has 0 heterocycles. The molecule has 1 nitrogen and oxygen atoms in total. The molecule has 0 radical (unpaired) electrons. The van der Waals surface area contributed by atoms with Crippen molar-refractivity contribution in [3.63, 3.8) is 0 Å². The van der Waals surface area contributed by atoms with Crippen LogP contribution >= 0.6 is 11.6 Å². The minimum Gasteiger partial charge on any atom is -0.306 e. The summed E-state index contributed by atoms with van der Waals surface area (Å²) in [4.78, 5) is 2.44. The lowest BCUT2D eigenvalue weighted by atomic mass is 10.1. The van der Waals surface area contributed by atoms with Crippen LogP contribution in [0.5, 0.6) is 0 Å². The van der Waals surface area contributed by atoms with Gasteiger partial charge in [-0.05, 0) is 45.3 Å². The average molecular weight is 220 g/mol. The van der Waals surface area contributed by atoms with E-state index in [-0.39, 0.29) is 0 Å². The fourth-order valence-corrected chi connectivity index (χ4v) is 1.89. The van der Waals surface area contributed by atoms with Crippen LogP contribution in [0, 0.1) is 5.92 Å². The van der Waals surface area contributed by atoms with Gasteiger partial charge in [-0.2, -0.15) is 0 Å². The zero-order valence-electron chi connectivity index (χ0n) is 10.1. The Morgan fingerprint density at radius 2 is 1.86 bits per heavy atom. The maximum atomic E-state index is 5.70. The second kappa shape index (κ2) is 9.79. The average Bonchev–Trinajstić information content (AvgIpc) is 2.16. The number of hydrogen-bond donors (Lipinski definition) is 0. The van der Waals surface area contributed by atoms with Crippen LogP contribution < -0.4 is 0 Å². The van der Waals surface area contributed by atoms with Crippen molar-refractivity contribution >= 4 is 11.6 Å². The highest BCUT2D eigenvalue weighted by Crippen LogP contribution is 2.09. The van der Waals surface area contributed by atoms with Crippen LogP contribution in [0.1, 0.15) is 46.0 Å². The Balaban J connectivity index is 3.29. The number of alkyl halides is 1.